The number of likely N-dealkylation sites (N-methyl/N-ethyl adjacent to an activating group) is 1. The van der Waals surface area contributed by atoms with Gasteiger partial charge in [0.1, 0.15) is 5.75 Å². The Balaban J connectivity index is 1.74. The lowest BCUT2D eigenvalue weighted by Gasteiger charge is -2.30. The van der Waals surface area contributed by atoms with Crippen LogP contribution in [0.4, 0.5) is 0 Å². The normalized spacial score (nSPS) is 18.5. The van der Waals surface area contributed by atoms with Crippen molar-refractivity contribution in [1.29, 1.82) is 0 Å². The Hall–Kier alpha value is -1.50. The molecule has 130 valence electrons. The number of rotatable bonds is 6. The fourth-order valence-corrected chi connectivity index (χ4v) is 4.28. The molecule has 6 heteroatoms. The first-order valence-electron chi connectivity index (χ1n) is 8.27. The third kappa shape index (κ3) is 3.77. The molecule has 1 aliphatic heterocycles. The lowest BCUT2D eigenvalue weighted by atomic mass is 10.0. The predicted molar refractivity (Wildman–Crippen MR) is 98.7 cm³/mol. The van der Waals surface area contributed by atoms with E-state index in [1.165, 1.54) is 16.0 Å². The van der Waals surface area contributed by atoms with Crippen LogP contribution in [-0.4, -0.2) is 48.2 Å². The van der Waals surface area contributed by atoms with Crippen molar-refractivity contribution < 1.29 is 4.74 Å². The SMILES string of the molecule is COc1ccc2c(c1)[C@H](NC[C@@H](c1cnn(C)c1)N(C)C)CCS2. The van der Waals surface area contributed by atoms with E-state index in [0.29, 0.717) is 12.1 Å². The summed E-state index contributed by atoms with van der Waals surface area (Å²) in [5, 5.41) is 8.09. The quantitative estimate of drug-likeness (QED) is 0.871. The molecule has 1 aromatic heterocycles. The minimum atomic E-state index is 0.308. The molecule has 24 heavy (non-hydrogen) atoms. The van der Waals surface area contributed by atoms with Crippen molar-refractivity contribution in [2.75, 3.05) is 33.5 Å². The average molecular weight is 347 g/mol. The molecule has 0 saturated heterocycles. The maximum absolute atomic E-state index is 5.41. The smallest absolute Gasteiger partial charge is 0.119 e. The lowest BCUT2D eigenvalue weighted by molar-refractivity contribution is 0.277. The van der Waals surface area contributed by atoms with E-state index in [9.17, 15) is 0 Å². The van der Waals surface area contributed by atoms with Crippen LogP contribution in [-0.2, 0) is 7.05 Å². The number of fused-ring (bicyclic) bond motifs is 1. The van der Waals surface area contributed by atoms with Crippen LogP contribution >= 0.6 is 11.8 Å². The Kier molecular flexibility index (Phi) is 5.48. The van der Waals surface area contributed by atoms with Crippen LogP contribution in [0.5, 0.6) is 5.75 Å². The Bertz CT molecular complexity index is 685. The number of ether oxygens (including phenoxy) is 1. The minimum Gasteiger partial charge on any atom is -0.497 e. The molecule has 2 aromatic rings. The molecular weight excluding hydrogens is 320 g/mol. The summed E-state index contributed by atoms with van der Waals surface area (Å²) >= 11 is 1.93. The van der Waals surface area contributed by atoms with E-state index in [0.717, 1.165) is 24.5 Å². The molecule has 0 fully saturated rings. The third-order valence-corrected chi connectivity index (χ3v) is 5.67. The van der Waals surface area contributed by atoms with Crippen molar-refractivity contribution >= 4 is 11.8 Å². The molecule has 2 atom stereocenters. The van der Waals surface area contributed by atoms with Crippen LogP contribution in [0.3, 0.4) is 0 Å². The van der Waals surface area contributed by atoms with Crippen LogP contribution in [0.15, 0.2) is 35.5 Å². The van der Waals surface area contributed by atoms with E-state index in [-0.39, 0.29) is 0 Å². The largest absolute Gasteiger partial charge is 0.497 e. The van der Waals surface area contributed by atoms with Gasteiger partial charge in [-0.15, -0.1) is 11.8 Å². The van der Waals surface area contributed by atoms with Gasteiger partial charge in [-0.1, -0.05) is 0 Å². The second-order valence-electron chi connectivity index (χ2n) is 6.43. The highest BCUT2D eigenvalue weighted by molar-refractivity contribution is 7.99. The molecule has 0 spiro atoms. The van der Waals surface area contributed by atoms with E-state index in [1.54, 1.807) is 7.11 Å². The van der Waals surface area contributed by atoms with Crippen LogP contribution in [0.1, 0.15) is 29.6 Å². The maximum atomic E-state index is 5.41. The molecule has 2 heterocycles. The molecule has 0 bridgehead atoms. The van der Waals surface area contributed by atoms with Gasteiger partial charge in [0.15, 0.2) is 0 Å². The highest BCUT2D eigenvalue weighted by atomic mass is 32.2. The Morgan fingerprint density at radius 1 is 1.46 bits per heavy atom. The topological polar surface area (TPSA) is 42.3 Å². The van der Waals surface area contributed by atoms with Gasteiger partial charge in [0.25, 0.3) is 0 Å². The van der Waals surface area contributed by atoms with Crippen LogP contribution in [0.2, 0.25) is 0 Å². The van der Waals surface area contributed by atoms with Crippen molar-refractivity contribution in [3.8, 4) is 5.75 Å². The summed E-state index contributed by atoms with van der Waals surface area (Å²) in [6, 6.07) is 7.08. The minimum absolute atomic E-state index is 0.308. The van der Waals surface area contributed by atoms with Gasteiger partial charge in [-0.3, -0.25) is 4.68 Å². The summed E-state index contributed by atoms with van der Waals surface area (Å²) in [7, 11) is 7.93. The molecule has 1 aliphatic rings. The highest BCUT2D eigenvalue weighted by Crippen LogP contribution is 2.38. The third-order valence-electron chi connectivity index (χ3n) is 4.55. The van der Waals surface area contributed by atoms with Gasteiger partial charge in [-0.05, 0) is 50.0 Å². The number of benzene rings is 1. The van der Waals surface area contributed by atoms with Crippen LogP contribution < -0.4 is 10.1 Å². The molecule has 1 aromatic carbocycles. The summed E-state index contributed by atoms with van der Waals surface area (Å²) in [5.41, 5.74) is 2.60. The molecule has 5 nitrogen and oxygen atoms in total. The first-order valence-corrected chi connectivity index (χ1v) is 9.26. The van der Waals surface area contributed by atoms with Crippen molar-refractivity contribution in [3.63, 3.8) is 0 Å². The number of aromatic nitrogens is 2. The van der Waals surface area contributed by atoms with Gasteiger partial charge in [-0.2, -0.15) is 5.10 Å². The second kappa shape index (κ2) is 7.59. The number of hydrogen-bond acceptors (Lipinski definition) is 5. The van der Waals surface area contributed by atoms with Crippen molar-refractivity contribution in [3.05, 3.63) is 41.7 Å². The number of thioether (sulfide) groups is 1. The summed E-state index contributed by atoms with van der Waals surface area (Å²) < 4.78 is 7.27. The Labute approximate surface area is 148 Å². The predicted octanol–water partition coefficient (Wildman–Crippen LogP) is 2.86. The zero-order chi connectivity index (χ0) is 17.1. The number of aryl methyl sites for hydroxylation is 1. The molecule has 0 amide bonds. The molecule has 1 N–H and O–H groups in total. The average Bonchev–Trinajstić information content (AvgIpc) is 3.00. The van der Waals surface area contributed by atoms with Crippen molar-refractivity contribution in [2.45, 2.75) is 23.4 Å². The van der Waals surface area contributed by atoms with Gasteiger partial charge < -0.3 is 15.0 Å². The summed E-state index contributed by atoms with van der Waals surface area (Å²) in [6.07, 6.45) is 5.19. The van der Waals surface area contributed by atoms with E-state index in [2.05, 4.69) is 47.7 Å². The number of hydrogen-bond donors (Lipinski definition) is 1. The molecular formula is C18H26N4OS. The van der Waals surface area contributed by atoms with Crippen LogP contribution in [0, 0.1) is 0 Å². The summed E-state index contributed by atoms with van der Waals surface area (Å²) in [5.74, 6) is 2.08. The van der Waals surface area contributed by atoms with E-state index >= 15 is 0 Å². The Morgan fingerprint density at radius 2 is 2.29 bits per heavy atom. The summed E-state index contributed by atoms with van der Waals surface area (Å²) in [4.78, 5) is 3.61. The van der Waals surface area contributed by atoms with Crippen molar-refractivity contribution in [2.24, 2.45) is 7.05 Å². The van der Waals surface area contributed by atoms with Crippen molar-refractivity contribution in [1.82, 2.24) is 20.0 Å². The molecule has 0 aliphatic carbocycles. The van der Waals surface area contributed by atoms with Gasteiger partial charge >= 0.3 is 0 Å². The van der Waals surface area contributed by atoms with Gasteiger partial charge in [0.2, 0.25) is 0 Å². The first kappa shape index (κ1) is 17.3. The van der Waals surface area contributed by atoms with E-state index in [1.807, 2.05) is 35.8 Å². The molecule has 0 saturated carbocycles. The highest BCUT2D eigenvalue weighted by Gasteiger charge is 2.23. The van der Waals surface area contributed by atoms with Gasteiger partial charge in [0, 0.05) is 42.3 Å². The zero-order valence-electron chi connectivity index (χ0n) is 14.8. The number of nitrogens with one attached hydrogen (secondary N) is 1. The first-order chi connectivity index (χ1) is 11.6. The monoisotopic (exact) mass is 346 g/mol. The summed E-state index contributed by atoms with van der Waals surface area (Å²) in [6.45, 7) is 0.894. The molecule has 0 radical (unpaired) electrons. The van der Waals surface area contributed by atoms with Gasteiger partial charge in [0.05, 0.1) is 13.3 Å². The second-order valence-corrected chi connectivity index (χ2v) is 7.57. The maximum Gasteiger partial charge on any atom is 0.119 e. The number of methoxy groups -OCH3 is 1. The fraction of sp³-hybridized carbons (Fsp3) is 0.500. The zero-order valence-corrected chi connectivity index (χ0v) is 15.6. The standard InChI is InChI=1S/C18H26N4OS/c1-21(2)17(13-10-20-22(3)12-13)11-19-16-7-8-24-18-6-5-14(23-4)9-15(16)18/h5-6,9-10,12,16-17,19H,7-8,11H2,1-4H3/t16-,17+/m1/s1. The van der Waals surface area contributed by atoms with Gasteiger partial charge in [-0.25, -0.2) is 0 Å². The van der Waals surface area contributed by atoms with E-state index in [4.69, 9.17) is 4.74 Å². The molecule has 3 rings (SSSR count). The van der Waals surface area contributed by atoms with Crippen LogP contribution in [0.25, 0.3) is 0 Å². The number of nitrogens with zero attached hydrogens (tertiary/aromatic N) is 3. The lowest BCUT2D eigenvalue weighted by Crippen LogP contribution is -2.34. The Morgan fingerprint density at radius 3 is 2.96 bits per heavy atom. The van der Waals surface area contributed by atoms with E-state index < -0.39 is 0 Å². The molecule has 0 unspecified atom stereocenters. The fourth-order valence-electron chi connectivity index (χ4n) is 3.18.